The summed E-state index contributed by atoms with van der Waals surface area (Å²) in [5.41, 5.74) is 1.48. The summed E-state index contributed by atoms with van der Waals surface area (Å²) in [6.07, 6.45) is 0.431. The van der Waals surface area contributed by atoms with Crippen molar-refractivity contribution in [2.24, 2.45) is 5.92 Å². The highest BCUT2D eigenvalue weighted by atomic mass is 16.5. The predicted octanol–water partition coefficient (Wildman–Crippen LogP) is 1.72. The van der Waals surface area contributed by atoms with Crippen molar-refractivity contribution in [2.45, 2.75) is 13.3 Å². The molecule has 1 aliphatic heterocycles. The summed E-state index contributed by atoms with van der Waals surface area (Å²) in [4.78, 5) is 36.3. The fraction of sp³-hybridized carbons (Fsp3) is 0.400. The summed E-state index contributed by atoms with van der Waals surface area (Å²) in [7, 11) is 1.27. The third kappa shape index (κ3) is 3.36. The zero-order valence-corrected chi connectivity index (χ0v) is 12.5. The van der Waals surface area contributed by atoms with Gasteiger partial charge in [-0.05, 0) is 25.5 Å². The molecule has 7 nitrogen and oxygen atoms in total. The molecule has 118 valence electrons. The molecule has 0 aromatic heterocycles. The van der Waals surface area contributed by atoms with Gasteiger partial charge in [-0.1, -0.05) is 11.6 Å². The Hall–Kier alpha value is -2.57. The number of hydrogen-bond donors (Lipinski definition) is 2. The lowest BCUT2D eigenvalue weighted by Gasteiger charge is -2.18. The fourth-order valence-corrected chi connectivity index (χ4v) is 2.39. The summed E-state index contributed by atoms with van der Waals surface area (Å²) in [5, 5.41) is 11.6. The maximum absolute atomic E-state index is 12.2. The van der Waals surface area contributed by atoms with Crippen LogP contribution in [-0.4, -0.2) is 48.2 Å². The van der Waals surface area contributed by atoms with Gasteiger partial charge in [0, 0.05) is 13.1 Å². The lowest BCUT2D eigenvalue weighted by atomic mass is 10.1. The van der Waals surface area contributed by atoms with Crippen LogP contribution in [0.2, 0.25) is 0 Å². The summed E-state index contributed by atoms with van der Waals surface area (Å²) in [5.74, 6) is -1.98. The highest BCUT2D eigenvalue weighted by Crippen LogP contribution is 2.21. The summed E-state index contributed by atoms with van der Waals surface area (Å²) < 4.78 is 4.71. The summed E-state index contributed by atoms with van der Waals surface area (Å²) >= 11 is 0. The van der Waals surface area contributed by atoms with E-state index in [9.17, 15) is 14.4 Å². The van der Waals surface area contributed by atoms with Crippen LogP contribution in [-0.2, 0) is 9.53 Å². The van der Waals surface area contributed by atoms with Gasteiger partial charge in [0.05, 0.1) is 24.3 Å². The average molecular weight is 306 g/mol. The lowest BCUT2D eigenvalue weighted by Crippen LogP contribution is -2.34. The number of methoxy groups -OCH3 is 1. The van der Waals surface area contributed by atoms with E-state index in [1.807, 2.05) is 6.92 Å². The second kappa shape index (κ2) is 6.46. The number of rotatable bonds is 3. The first kappa shape index (κ1) is 15.8. The Labute approximate surface area is 127 Å². The highest BCUT2D eigenvalue weighted by molar-refractivity contribution is 6.01. The largest absolute Gasteiger partial charge is 0.481 e. The Kier molecular flexibility index (Phi) is 4.65. The molecule has 0 radical (unpaired) electrons. The first-order chi connectivity index (χ1) is 10.4. The third-order valence-electron chi connectivity index (χ3n) is 3.65. The van der Waals surface area contributed by atoms with Gasteiger partial charge in [-0.25, -0.2) is 9.59 Å². The zero-order chi connectivity index (χ0) is 16.3. The Morgan fingerprint density at radius 2 is 2.09 bits per heavy atom. The van der Waals surface area contributed by atoms with Crippen molar-refractivity contribution in [3.8, 4) is 0 Å². The van der Waals surface area contributed by atoms with Gasteiger partial charge in [0.1, 0.15) is 0 Å². The highest BCUT2D eigenvalue weighted by Gasteiger charge is 2.31. The molecule has 0 saturated carbocycles. The molecular weight excluding hydrogens is 288 g/mol. The van der Waals surface area contributed by atoms with Crippen LogP contribution >= 0.6 is 0 Å². The third-order valence-corrected chi connectivity index (χ3v) is 3.65. The van der Waals surface area contributed by atoms with E-state index in [-0.39, 0.29) is 12.1 Å². The van der Waals surface area contributed by atoms with E-state index >= 15 is 0 Å². The van der Waals surface area contributed by atoms with Crippen LogP contribution < -0.4 is 5.32 Å². The SMILES string of the molecule is COC(=O)c1cc(C)ccc1NC(=O)N1CCC(C(=O)O)C1. The molecule has 1 aromatic carbocycles. The number of benzene rings is 1. The van der Waals surface area contributed by atoms with Crippen LogP contribution in [0.15, 0.2) is 18.2 Å². The molecule has 1 aromatic rings. The first-order valence-corrected chi connectivity index (χ1v) is 6.90. The number of carbonyl (C=O) groups excluding carboxylic acids is 2. The van der Waals surface area contributed by atoms with Crippen LogP contribution in [0.3, 0.4) is 0 Å². The molecule has 0 aliphatic carbocycles. The zero-order valence-electron chi connectivity index (χ0n) is 12.5. The second-order valence-electron chi connectivity index (χ2n) is 5.24. The number of hydrogen-bond acceptors (Lipinski definition) is 4. The molecule has 2 rings (SSSR count). The first-order valence-electron chi connectivity index (χ1n) is 6.90. The van der Waals surface area contributed by atoms with Gasteiger partial charge in [-0.2, -0.15) is 0 Å². The smallest absolute Gasteiger partial charge is 0.339 e. The van der Waals surface area contributed by atoms with Crippen molar-refractivity contribution in [3.63, 3.8) is 0 Å². The molecular formula is C15H18N2O5. The van der Waals surface area contributed by atoms with Gasteiger partial charge in [0.15, 0.2) is 0 Å². The van der Waals surface area contributed by atoms with E-state index < -0.39 is 23.9 Å². The fourth-order valence-electron chi connectivity index (χ4n) is 2.39. The topological polar surface area (TPSA) is 95.9 Å². The van der Waals surface area contributed by atoms with Gasteiger partial charge in [-0.15, -0.1) is 0 Å². The number of urea groups is 1. The Balaban J connectivity index is 2.12. The number of nitrogens with one attached hydrogen (secondary N) is 1. The predicted molar refractivity (Wildman–Crippen MR) is 78.9 cm³/mol. The number of amides is 2. The molecule has 1 atom stereocenters. The Morgan fingerprint density at radius 3 is 2.68 bits per heavy atom. The van der Waals surface area contributed by atoms with Crippen LogP contribution in [0, 0.1) is 12.8 Å². The van der Waals surface area contributed by atoms with Crippen LogP contribution in [0.4, 0.5) is 10.5 Å². The number of carboxylic acids is 1. The van der Waals surface area contributed by atoms with E-state index in [4.69, 9.17) is 9.84 Å². The van der Waals surface area contributed by atoms with E-state index in [2.05, 4.69) is 5.32 Å². The standard InChI is InChI=1S/C15H18N2O5/c1-9-3-4-12(11(7-9)14(20)22-2)16-15(21)17-6-5-10(8-17)13(18)19/h3-4,7,10H,5-6,8H2,1-2H3,(H,16,21)(H,18,19). The van der Waals surface area contributed by atoms with E-state index in [0.717, 1.165) is 5.56 Å². The number of ether oxygens (including phenoxy) is 1. The second-order valence-corrected chi connectivity index (χ2v) is 5.24. The minimum absolute atomic E-state index is 0.167. The number of aliphatic carboxylic acids is 1. The van der Waals surface area contributed by atoms with Crippen molar-refractivity contribution in [2.75, 3.05) is 25.5 Å². The maximum atomic E-state index is 12.2. The Bertz CT molecular complexity index is 614. The average Bonchev–Trinajstić information content (AvgIpc) is 2.98. The molecule has 1 saturated heterocycles. The minimum Gasteiger partial charge on any atom is -0.481 e. The molecule has 0 spiro atoms. The molecule has 22 heavy (non-hydrogen) atoms. The quantitative estimate of drug-likeness (QED) is 0.829. The van der Waals surface area contributed by atoms with Crippen LogP contribution in [0.5, 0.6) is 0 Å². The van der Waals surface area contributed by atoms with Crippen molar-refractivity contribution in [3.05, 3.63) is 29.3 Å². The number of esters is 1. The molecule has 1 fully saturated rings. The van der Waals surface area contributed by atoms with Gasteiger partial charge < -0.3 is 20.1 Å². The van der Waals surface area contributed by atoms with Crippen LogP contribution in [0.25, 0.3) is 0 Å². The maximum Gasteiger partial charge on any atom is 0.339 e. The molecule has 1 aliphatic rings. The number of nitrogens with zero attached hydrogens (tertiary/aromatic N) is 1. The van der Waals surface area contributed by atoms with E-state index in [1.165, 1.54) is 12.0 Å². The van der Waals surface area contributed by atoms with Crippen molar-refractivity contribution < 1.29 is 24.2 Å². The van der Waals surface area contributed by atoms with E-state index in [0.29, 0.717) is 18.7 Å². The number of carboxylic acid groups (broad SMARTS) is 1. The molecule has 2 N–H and O–H groups in total. The van der Waals surface area contributed by atoms with Crippen molar-refractivity contribution in [1.29, 1.82) is 0 Å². The molecule has 7 heteroatoms. The lowest BCUT2D eigenvalue weighted by molar-refractivity contribution is -0.141. The Morgan fingerprint density at radius 1 is 1.36 bits per heavy atom. The number of aryl methyl sites for hydroxylation is 1. The van der Waals surface area contributed by atoms with Gasteiger partial charge in [0.2, 0.25) is 0 Å². The molecule has 0 bridgehead atoms. The summed E-state index contributed by atoms with van der Waals surface area (Å²) in [6.45, 7) is 2.37. The van der Waals surface area contributed by atoms with Crippen LogP contribution in [0.1, 0.15) is 22.3 Å². The monoisotopic (exact) mass is 306 g/mol. The number of anilines is 1. The number of likely N-dealkylation sites (tertiary alicyclic amines) is 1. The minimum atomic E-state index is -0.902. The number of carbonyl (C=O) groups is 3. The van der Waals surface area contributed by atoms with E-state index in [1.54, 1.807) is 18.2 Å². The normalized spacial score (nSPS) is 17.2. The molecule has 1 heterocycles. The summed E-state index contributed by atoms with van der Waals surface area (Å²) in [6, 6.07) is 4.61. The molecule has 2 amide bonds. The van der Waals surface area contributed by atoms with Gasteiger partial charge in [0.25, 0.3) is 0 Å². The van der Waals surface area contributed by atoms with Crippen molar-refractivity contribution in [1.82, 2.24) is 4.90 Å². The van der Waals surface area contributed by atoms with Crippen molar-refractivity contribution >= 4 is 23.7 Å². The molecule has 1 unspecified atom stereocenters. The van der Waals surface area contributed by atoms with Gasteiger partial charge in [-0.3, -0.25) is 4.79 Å². The van der Waals surface area contributed by atoms with Gasteiger partial charge >= 0.3 is 18.0 Å².